The van der Waals surface area contributed by atoms with E-state index in [1.165, 1.54) is 36.4 Å². The normalized spacial score (nSPS) is 16.2. The van der Waals surface area contributed by atoms with Gasteiger partial charge in [0.05, 0.1) is 0 Å². The monoisotopic (exact) mass is 484 g/mol. The fraction of sp³-hybridized carbons (Fsp3) is 0.450. The number of nitrogens with zero attached hydrogens (tertiary/aromatic N) is 2. The van der Waals surface area contributed by atoms with Gasteiger partial charge in [0.1, 0.15) is 0 Å². The molecule has 0 amide bonds. The Morgan fingerprint density at radius 3 is 2.62 bits per heavy atom. The fourth-order valence-corrected chi connectivity index (χ4v) is 3.96. The lowest BCUT2D eigenvalue weighted by Crippen LogP contribution is -2.36. The molecule has 3 N–H and O–H groups in total. The lowest BCUT2D eigenvalue weighted by Gasteiger charge is -2.30. The topological polar surface area (TPSA) is 53.6 Å². The van der Waals surface area contributed by atoms with Gasteiger partial charge in [-0.05, 0) is 55.3 Å². The standard InChI is InChI=1S/C20H28N4S.HI/c21-20(22-11-8-17-5-2-1-3-6-17)23-15-18-9-12-24(13-10-18)16-19-7-4-14-25-19;/h1-7,14,18H,8-13,15-16H2,(H3,21,22,23);1H. The van der Waals surface area contributed by atoms with E-state index in [0.717, 1.165) is 26.1 Å². The first-order valence-corrected chi connectivity index (χ1v) is 10.00. The van der Waals surface area contributed by atoms with Gasteiger partial charge in [0.25, 0.3) is 0 Å². The van der Waals surface area contributed by atoms with Crippen molar-refractivity contribution >= 4 is 41.3 Å². The SMILES string of the molecule is I.NC(=NCC1CCN(Cc2cccs2)CC1)NCCc1ccccc1. The molecule has 2 heterocycles. The zero-order valence-electron chi connectivity index (χ0n) is 15.1. The van der Waals surface area contributed by atoms with Crippen LogP contribution in [0.3, 0.4) is 0 Å². The van der Waals surface area contributed by atoms with E-state index in [2.05, 4.69) is 57.0 Å². The van der Waals surface area contributed by atoms with Gasteiger partial charge in [0, 0.05) is 24.5 Å². The van der Waals surface area contributed by atoms with Crippen molar-refractivity contribution < 1.29 is 0 Å². The van der Waals surface area contributed by atoms with E-state index < -0.39 is 0 Å². The summed E-state index contributed by atoms with van der Waals surface area (Å²) in [6, 6.07) is 14.8. The van der Waals surface area contributed by atoms with E-state index in [9.17, 15) is 0 Å². The van der Waals surface area contributed by atoms with Crippen LogP contribution in [0.1, 0.15) is 23.3 Å². The number of likely N-dealkylation sites (tertiary alicyclic amines) is 1. The largest absolute Gasteiger partial charge is 0.370 e. The Balaban J connectivity index is 0.00000243. The summed E-state index contributed by atoms with van der Waals surface area (Å²) >= 11 is 1.85. The summed E-state index contributed by atoms with van der Waals surface area (Å²) in [7, 11) is 0. The highest BCUT2D eigenvalue weighted by atomic mass is 127. The Labute approximate surface area is 177 Å². The maximum Gasteiger partial charge on any atom is 0.188 e. The summed E-state index contributed by atoms with van der Waals surface area (Å²) in [4.78, 5) is 8.56. The molecule has 0 unspecified atom stereocenters. The smallest absolute Gasteiger partial charge is 0.188 e. The lowest BCUT2D eigenvalue weighted by molar-refractivity contribution is 0.182. The van der Waals surface area contributed by atoms with Gasteiger partial charge in [-0.2, -0.15) is 0 Å². The Morgan fingerprint density at radius 1 is 1.15 bits per heavy atom. The molecule has 0 bridgehead atoms. The van der Waals surface area contributed by atoms with Crippen molar-refractivity contribution in [3.63, 3.8) is 0 Å². The molecule has 0 spiro atoms. The highest BCUT2D eigenvalue weighted by molar-refractivity contribution is 14.0. The van der Waals surface area contributed by atoms with Gasteiger partial charge in [-0.25, -0.2) is 0 Å². The molecule has 1 fully saturated rings. The number of rotatable bonds is 7. The minimum Gasteiger partial charge on any atom is -0.370 e. The third kappa shape index (κ3) is 7.25. The van der Waals surface area contributed by atoms with Gasteiger partial charge < -0.3 is 11.1 Å². The molecular formula is C20H29IN4S. The van der Waals surface area contributed by atoms with Crippen molar-refractivity contribution in [1.29, 1.82) is 0 Å². The molecule has 1 aliphatic heterocycles. The summed E-state index contributed by atoms with van der Waals surface area (Å²) in [5, 5.41) is 5.39. The highest BCUT2D eigenvalue weighted by Crippen LogP contribution is 2.20. The summed E-state index contributed by atoms with van der Waals surface area (Å²) in [6.45, 7) is 5.10. The van der Waals surface area contributed by atoms with E-state index in [0.29, 0.717) is 11.9 Å². The number of hydrogen-bond acceptors (Lipinski definition) is 3. The molecule has 0 atom stereocenters. The third-order valence-corrected chi connectivity index (χ3v) is 5.61. The third-order valence-electron chi connectivity index (χ3n) is 4.75. The molecule has 6 heteroatoms. The quantitative estimate of drug-likeness (QED) is 0.358. The highest BCUT2D eigenvalue weighted by Gasteiger charge is 2.19. The van der Waals surface area contributed by atoms with Crippen molar-refractivity contribution in [2.75, 3.05) is 26.2 Å². The number of benzene rings is 1. The Morgan fingerprint density at radius 2 is 1.92 bits per heavy atom. The second kappa shape index (κ2) is 11.6. The van der Waals surface area contributed by atoms with Crippen molar-refractivity contribution in [2.45, 2.75) is 25.8 Å². The second-order valence-electron chi connectivity index (χ2n) is 6.69. The Kier molecular flexibility index (Phi) is 9.42. The van der Waals surface area contributed by atoms with Gasteiger partial charge in [-0.15, -0.1) is 35.3 Å². The molecule has 1 aromatic heterocycles. The Hall–Kier alpha value is -1.12. The predicted octanol–water partition coefficient (Wildman–Crippen LogP) is 3.73. The zero-order valence-corrected chi connectivity index (χ0v) is 18.3. The van der Waals surface area contributed by atoms with Gasteiger partial charge in [-0.1, -0.05) is 36.4 Å². The van der Waals surface area contributed by atoms with Crippen LogP contribution in [0.2, 0.25) is 0 Å². The van der Waals surface area contributed by atoms with E-state index in [1.807, 2.05) is 17.4 Å². The predicted molar refractivity (Wildman–Crippen MR) is 122 cm³/mol. The maximum absolute atomic E-state index is 6.00. The van der Waals surface area contributed by atoms with Crippen LogP contribution in [0, 0.1) is 5.92 Å². The molecule has 1 saturated heterocycles. The summed E-state index contributed by atoms with van der Waals surface area (Å²) < 4.78 is 0. The number of nitrogens with two attached hydrogens (primary N) is 1. The molecule has 4 nitrogen and oxygen atoms in total. The maximum atomic E-state index is 6.00. The van der Waals surface area contributed by atoms with E-state index in [4.69, 9.17) is 5.73 Å². The minimum absolute atomic E-state index is 0. The average molecular weight is 484 g/mol. The van der Waals surface area contributed by atoms with E-state index in [1.54, 1.807) is 0 Å². The molecule has 0 aliphatic carbocycles. The molecule has 3 rings (SSSR count). The van der Waals surface area contributed by atoms with Crippen molar-refractivity contribution in [2.24, 2.45) is 16.6 Å². The first-order chi connectivity index (χ1) is 12.3. The van der Waals surface area contributed by atoms with Crippen LogP contribution in [0.4, 0.5) is 0 Å². The summed E-state index contributed by atoms with van der Waals surface area (Å²) in [6.07, 6.45) is 3.40. The molecule has 1 aromatic carbocycles. The van der Waals surface area contributed by atoms with Crippen molar-refractivity contribution in [3.8, 4) is 0 Å². The number of guanidine groups is 1. The van der Waals surface area contributed by atoms with Crippen LogP contribution in [0.5, 0.6) is 0 Å². The minimum atomic E-state index is 0. The fourth-order valence-electron chi connectivity index (χ4n) is 3.21. The molecular weight excluding hydrogens is 455 g/mol. The van der Waals surface area contributed by atoms with Gasteiger partial charge in [0.2, 0.25) is 0 Å². The number of halogens is 1. The molecule has 0 radical (unpaired) electrons. The lowest BCUT2D eigenvalue weighted by atomic mass is 9.97. The second-order valence-corrected chi connectivity index (χ2v) is 7.72. The number of thiophene rings is 1. The molecule has 26 heavy (non-hydrogen) atoms. The van der Waals surface area contributed by atoms with Crippen LogP contribution in [-0.4, -0.2) is 37.0 Å². The van der Waals surface area contributed by atoms with Crippen LogP contribution >= 0.6 is 35.3 Å². The summed E-state index contributed by atoms with van der Waals surface area (Å²) in [5.74, 6) is 1.24. The van der Waals surface area contributed by atoms with Crippen LogP contribution in [0.15, 0.2) is 52.8 Å². The van der Waals surface area contributed by atoms with Crippen LogP contribution in [-0.2, 0) is 13.0 Å². The average Bonchev–Trinajstić information content (AvgIpc) is 3.15. The zero-order chi connectivity index (χ0) is 17.3. The first kappa shape index (κ1) is 21.2. The number of nitrogens with one attached hydrogen (secondary N) is 1. The first-order valence-electron chi connectivity index (χ1n) is 9.12. The van der Waals surface area contributed by atoms with Crippen LogP contribution in [0.25, 0.3) is 0 Å². The molecule has 0 saturated carbocycles. The van der Waals surface area contributed by atoms with Gasteiger partial charge >= 0.3 is 0 Å². The van der Waals surface area contributed by atoms with E-state index >= 15 is 0 Å². The molecule has 142 valence electrons. The van der Waals surface area contributed by atoms with Crippen molar-refractivity contribution in [1.82, 2.24) is 10.2 Å². The molecule has 2 aromatic rings. The van der Waals surface area contributed by atoms with Crippen LogP contribution < -0.4 is 11.1 Å². The van der Waals surface area contributed by atoms with Crippen molar-refractivity contribution in [3.05, 3.63) is 58.3 Å². The molecule has 1 aliphatic rings. The summed E-state index contributed by atoms with van der Waals surface area (Å²) in [5.41, 5.74) is 7.32. The Bertz CT molecular complexity index is 637. The number of aliphatic imine (C=N–C) groups is 1. The number of hydrogen-bond donors (Lipinski definition) is 2. The van der Waals surface area contributed by atoms with Gasteiger partial charge in [-0.3, -0.25) is 9.89 Å². The van der Waals surface area contributed by atoms with Gasteiger partial charge in [0.15, 0.2) is 5.96 Å². The van der Waals surface area contributed by atoms with E-state index in [-0.39, 0.29) is 24.0 Å². The number of piperidine rings is 1.